The van der Waals surface area contributed by atoms with Gasteiger partial charge in [0, 0.05) is 6.54 Å². The molecule has 1 aromatic heterocycles. The molecule has 1 heterocycles. The summed E-state index contributed by atoms with van der Waals surface area (Å²) in [7, 11) is 0. The maximum atomic E-state index is 11.8. The molecule has 0 saturated heterocycles. The van der Waals surface area contributed by atoms with Gasteiger partial charge in [-0.15, -0.1) is 11.8 Å². The minimum absolute atomic E-state index is 0.0447. The van der Waals surface area contributed by atoms with Gasteiger partial charge in [-0.3, -0.25) is 4.79 Å². The van der Waals surface area contributed by atoms with E-state index in [0.29, 0.717) is 24.8 Å². The van der Waals surface area contributed by atoms with Crippen molar-refractivity contribution in [1.29, 1.82) is 0 Å². The first kappa shape index (κ1) is 15.9. The van der Waals surface area contributed by atoms with Gasteiger partial charge < -0.3 is 16.0 Å². The van der Waals surface area contributed by atoms with Crippen LogP contribution < -0.4 is 11.1 Å². The summed E-state index contributed by atoms with van der Waals surface area (Å²) >= 11 is 1.58. The maximum absolute atomic E-state index is 11.8. The molecule has 0 aliphatic heterocycles. The van der Waals surface area contributed by atoms with Crippen LogP contribution in [0, 0.1) is 5.92 Å². The number of aromatic amines is 1. The number of nitrogens with two attached hydrogens (primary N) is 1. The molecule has 0 radical (unpaired) electrons. The first-order valence-electron chi connectivity index (χ1n) is 7.13. The molecule has 0 aliphatic rings. The molecule has 0 spiro atoms. The third-order valence-corrected chi connectivity index (χ3v) is 4.46. The Balaban J connectivity index is 1.84. The van der Waals surface area contributed by atoms with Crippen LogP contribution in [0.3, 0.4) is 0 Å². The van der Waals surface area contributed by atoms with Crippen LogP contribution in [0.5, 0.6) is 0 Å². The molecule has 114 valence electrons. The molecule has 0 saturated carbocycles. The van der Waals surface area contributed by atoms with Gasteiger partial charge in [0.25, 0.3) is 0 Å². The number of nitrogens with one attached hydrogen (secondary N) is 2. The number of hydrogen-bond acceptors (Lipinski definition) is 4. The Bertz CT molecular complexity index is 565. The van der Waals surface area contributed by atoms with E-state index >= 15 is 0 Å². The molecule has 1 amide bonds. The lowest BCUT2D eigenvalue weighted by molar-refractivity contribution is -0.118. The fraction of sp³-hybridized carbons (Fsp3) is 0.467. The molecule has 4 N–H and O–H groups in total. The molecule has 0 aliphatic carbocycles. The maximum Gasteiger partial charge on any atom is 0.230 e. The van der Waals surface area contributed by atoms with Crippen LogP contribution in [0.25, 0.3) is 11.0 Å². The lowest BCUT2D eigenvalue weighted by Crippen LogP contribution is -2.32. The van der Waals surface area contributed by atoms with E-state index in [1.807, 2.05) is 31.2 Å². The second kappa shape index (κ2) is 7.47. The van der Waals surface area contributed by atoms with Gasteiger partial charge in [-0.1, -0.05) is 19.1 Å². The Kier molecular flexibility index (Phi) is 5.64. The van der Waals surface area contributed by atoms with E-state index in [1.54, 1.807) is 11.8 Å². The zero-order chi connectivity index (χ0) is 15.2. The summed E-state index contributed by atoms with van der Waals surface area (Å²) in [5.41, 5.74) is 7.51. The smallest absolute Gasteiger partial charge is 0.230 e. The van der Waals surface area contributed by atoms with Crippen molar-refractivity contribution in [2.24, 2.45) is 11.7 Å². The van der Waals surface area contributed by atoms with Crippen molar-refractivity contribution < 1.29 is 4.79 Å². The van der Waals surface area contributed by atoms with Crippen molar-refractivity contribution in [2.45, 2.75) is 19.1 Å². The summed E-state index contributed by atoms with van der Waals surface area (Å²) in [4.78, 5) is 19.6. The van der Waals surface area contributed by atoms with Gasteiger partial charge >= 0.3 is 0 Å². The van der Waals surface area contributed by atoms with Gasteiger partial charge in [-0.2, -0.15) is 0 Å². The van der Waals surface area contributed by atoms with Crippen molar-refractivity contribution in [3.8, 4) is 0 Å². The highest BCUT2D eigenvalue weighted by atomic mass is 32.2. The van der Waals surface area contributed by atoms with Crippen LogP contribution in [0.4, 0.5) is 0 Å². The van der Waals surface area contributed by atoms with Gasteiger partial charge in [-0.05, 0) is 31.5 Å². The summed E-state index contributed by atoms with van der Waals surface area (Å²) in [6, 6.07) is 7.93. The first-order valence-corrected chi connectivity index (χ1v) is 8.18. The Morgan fingerprint density at radius 2 is 2.19 bits per heavy atom. The number of hydrogen-bond donors (Lipinski definition) is 3. The number of fused-ring (bicyclic) bond motifs is 1. The minimum Gasteiger partial charge on any atom is -0.355 e. The largest absolute Gasteiger partial charge is 0.355 e. The van der Waals surface area contributed by atoms with Crippen molar-refractivity contribution in [3.63, 3.8) is 0 Å². The molecule has 2 aromatic rings. The second-order valence-corrected chi connectivity index (χ2v) is 6.57. The molecule has 1 aromatic carbocycles. The summed E-state index contributed by atoms with van der Waals surface area (Å²) in [6.45, 7) is 5.29. The number of carbonyl (C=O) groups excluding carboxylic acids is 1. The van der Waals surface area contributed by atoms with Crippen LogP contribution in [-0.4, -0.2) is 34.7 Å². The Morgan fingerprint density at radius 1 is 1.43 bits per heavy atom. The van der Waals surface area contributed by atoms with Crippen molar-refractivity contribution >= 4 is 28.7 Å². The van der Waals surface area contributed by atoms with Crippen LogP contribution in [0.15, 0.2) is 24.3 Å². The third-order valence-electron chi connectivity index (χ3n) is 3.31. The van der Waals surface area contributed by atoms with Crippen molar-refractivity contribution in [1.82, 2.24) is 15.3 Å². The average molecular weight is 306 g/mol. The Morgan fingerprint density at radius 3 is 2.90 bits per heavy atom. The van der Waals surface area contributed by atoms with Crippen LogP contribution in [-0.2, 0) is 4.79 Å². The molecule has 5 nitrogen and oxygen atoms in total. The number of para-hydroxylation sites is 2. The fourth-order valence-corrected chi connectivity index (χ4v) is 2.64. The van der Waals surface area contributed by atoms with E-state index in [1.165, 1.54) is 0 Å². The molecule has 21 heavy (non-hydrogen) atoms. The van der Waals surface area contributed by atoms with Crippen LogP contribution in [0.2, 0.25) is 0 Å². The highest BCUT2D eigenvalue weighted by Gasteiger charge is 2.13. The minimum atomic E-state index is 0.0447. The number of aromatic nitrogens is 2. The second-order valence-electron chi connectivity index (χ2n) is 5.24. The third kappa shape index (κ3) is 4.47. The van der Waals surface area contributed by atoms with Gasteiger partial charge in [0.05, 0.1) is 22.0 Å². The molecule has 6 heteroatoms. The monoisotopic (exact) mass is 306 g/mol. The summed E-state index contributed by atoms with van der Waals surface area (Å²) in [6.07, 6.45) is 0. The predicted molar refractivity (Wildman–Crippen MR) is 88.2 cm³/mol. The van der Waals surface area contributed by atoms with E-state index in [-0.39, 0.29) is 11.2 Å². The van der Waals surface area contributed by atoms with Gasteiger partial charge in [0.2, 0.25) is 5.91 Å². The number of H-pyrrole nitrogens is 1. The number of carbonyl (C=O) groups is 1. The standard InChI is InChI=1S/C15H22N4OS/c1-10(7-16)8-17-14(20)9-21-11(2)15-18-12-5-3-4-6-13(12)19-15/h3-6,10-11H,7-9,16H2,1-2H3,(H,17,20)(H,18,19). The lowest BCUT2D eigenvalue weighted by atomic mass is 10.2. The highest BCUT2D eigenvalue weighted by molar-refractivity contribution is 8.00. The quantitative estimate of drug-likeness (QED) is 0.731. The molecule has 2 unspecified atom stereocenters. The van der Waals surface area contributed by atoms with E-state index in [2.05, 4.69) is 22.2 Å². The number of nitrogens with zero attached hydrogens (tertiary/aromatic N) is 1. The Labute approximate surface area is 129 Å². The number of benzene rings is 1. The summed E-state index contributed by atoms with van der Waals surface area (Å²) in [5.74, 6) is 1.69. The Hall–Kier alpha value is -1.53. The van der Waals surface area contributed by atoms with Crippen molar-refractivity contribution in [3.05, 3.63) is 30.1 Å². The normalized spacial score (nSPS) is 14.0. The number of amides is 1. The topological polar surface area (TPSA) is 83.8 Å². The predicted octanol–water partition coefficient (Wildman–Crippen LogP) is 2.07. The van der Waals surface area contributed by atoms with Crippen LogP contribution >= 0.6 is 11.8 Å². The molecule has 0 bridgehead atoms. The molecular formula is C15H22N4OS. The van der Waals surface area contributed by atoms with Gasteiger partial charge in [-0.25, -0.2) is 4.98 Å². The zero-order valence-corrected chi connectivity index (χ0v) is 13.2. The molecular weight excluding hydrogens is 284 g/mol. The zero-order valence-electron chi connectivity index (χ0n) is 12.4. The van der Waals surface area contributed by atoms with E-state index < -0.39 is 0 Å². The average Bonchev–Trinajstić information content (AvgIpc) is 2.94. The van der Waals surface area contributed by atoms with Crippen LogP contribution in [0.1, 0.15) is 24.9 Å². The summed E-state index contributed by atoms with van der Waals surface area (Å²) < 4.78 is 0. The van der Waals surface area contributed by atoms with E-state index in [4.69, 9.17) is 5.73 Å². The number of rotatable bonds is 7. The summed E-state index contributed by atoms with van der Waals surface area (Å²) in [5, 5.41) is 3.04. The lowest BCUT2D eigenvalue weighted by Gasteiger charge is -2.11. The number of thioether (sulfide) groups is 1. The molecule has 2 rings (SSSR count). The van der Waals surface area contributed by atoms with Gasteiger partial charge in [0.15, 0.2) is 0 Å². The van der Waals surface area contributed by atoms with Crippen molar-refractivity contribution in [2.75, 3.05) is 18.8 Å². The SMILES string of the molecule is CC(CN)CNC(=O)CSC(C)c1nc2ccccc2[nH]1. The number of imidazole rings is 1. The highest BCUT2D eigenvalue weighted by Crippen LogP contribution is 2.27. The van der Waals surface area contributed by atoms with E-state index in [0.717, 1.165) is 16.9 Å². The molecule has 2 atom stereocenters. The fourth-order valence-electron chi connectivity index (χ4n) is 1.87. The van der Waals surface area contributed by atoms with Gasteiger partial charge in [0.1, 0.15) is 5.82 Å². The first-order chi connectivity index (χ1) is 10.1. The van der Waals surface area contributed by atoms with E-state index in [9.17, 15) is 4.79 Å². The molecule has 0 fully saturated rings.